The minimum atomic E-state index is -0.221. The third-order valence-electron chi connectivity index (χ3n) is 3.21. The molecule has 2 atom stereocenters. The molecule has 1 aliphatic rings. The molecule has 0 aromatic heterocycles. The zero-order valence-corrected chi connectivity index (χ0v) is 8.33. The predicted octanol–water partition coefficient (Wildman–Crippen LogP) is 2.76. The molecular weight excluding hydrogens is 179 g/mol. The van der Waals surface area contributed by atoms with Crippen LogP contribution in [0.15, 0.2) is 24.3 Å². The van der Waals surface area contributed by atoms with Gasteiger partial charge in [0.2, 0.25) is 0 Å². The Morgan fingerprint density at radius 3 is 2.43 bits per heavy atom. The van der Waals surface area contributed by atoms with E-state index in [4.69, 9.17) is 0 Å². The number of ketones is 1. The first-order chi connectivity index (χ1) is 6.61. The van der Waals surface area contributed by atoms with E-state index in [1.165, 1.54) is 12.1 Å². The molecule has 0 radical (unpaired) electrons. The van der Waals surface area contributed by atoms with Crippen LogP contribution in [0.2, 0.25) is 0 Å². The Morgan fingerprint density at radius 1 is 1.21 bits per heavy atom. The van der Waals surface area contributed by atoms with Crippen molar-refractivity contribution >= 4 is 5.78 Å². The lowest BCUT2D eigenvalue weighted by atomic mass is 9.62. The van der Waals surface area contributed by atoms with E-state index in [0.29, 0.717) is 5.78 Å². The third-order valence-corrected chi connectivity index (χ3v) is 3.21. The van der Waals surface area contributed by atoms with Gasteiger partial charge in [0.1, 0.15) is 11.6 Å². The molecule has 1 fully saturated rings. The molecule has 0 saturated heterocycles. The normalized spacial score (nSPS) is 31.4. The second kappa shape index (κ2) is 3.19. The van der Waals surface area contributed by atoms with Crippen molar-refractivity contribution in [1.82, 2.24) is 0 Å². The Bertz CT molecular complexity index is 360. The van der Waals surface area contributed by atoms with Crippen LogP contribution in [-0.2, 0) is 4.79 Å². The molecule has 1 aromatic rings. The number of rotatable bonds is 1. The van der Waals surface area contributed by atoms with Crippen LogP contribution in [0.25, 0.3) is 0 Å². The zero-order chi connectivity index (χ0) is 10.3. The van der Waals surface area contributed by atoms with Gasteiger partial charge in [-0.3, -0.25) is 4.79 Å². The van der Waals surface area contributed by atoms with Crippen molar-refractivity contribution in [3.05, 3.63) is 35.6 Å². The predicted molar refractivity (Wildman–Crippen MR) is 52.5 cm³/mol. The van der Waals surface area contributed by atoms with E-state index in [9.17, 15) is 9.18 Å². The lowest BCUT2D eigenvalue weighted by Crippen LogP contribution is -2.42. The Hall–Kier alpha value is -1.18. The van der Waals surface area contributed by atoms with Crippen LogP contribution in [0.1, 0.15) is 25.3 Å². The topological polar surface area (TPSA) is 17.1 Å². The molecule has 0 heterocycles. The highest BCUT2D eigenvalue weighted by Crippen LogP contribution is 2.44. The Morgan fingerprint density at radius 2 is 1.86 bits per heavy atom. The molecule has 1 nitrogen and oxygen atoms in total. The Balaban J connectivity index is 2.28. The second-order valence-electron chi connectivity index (χ2n) is 4.06. The lowest BCUT2D eigenvalue weighted by Gasteiger charge is -2.39. The molecule has 0 aliphatic heterocycles. The summed E-state index contributed by atoms with van der Waals surface area (Å²) >= 11 is 0. The van der Waals surface area contributed by atoms with E-state index in [0.717, 1.165) is 5.56 Å². The smallest absolute Gasteiger partial charge is 0.139 e. The van der Waals surface area contributed by atoms with E-state index in [1.807, 2.05) is 19.9 Å². The lowest BCUT2D eigenvalue weighted by molar-refractivity contribution is -0.136. The number of benzene rings is 1. The highest BCUT2D eigenvalue weighted by molar-refractivity contribution is 5.91. The van der Waals surface area contributed by atoms with Gasteiger partial charge in [-0.1, -0.05) is 26.0 Å². The van der Waals surface area contributed by atoms with E-state index in [2.05, 4.69) is 0 Å². The molecule has 0 N–H and O–H groups in total. The monoisotopic (exact) mass is 192 g/mol. The van der Waals surface area contributed by atoms with Gasteiger partial charge in [0, 0.05) is 17.8 Å². The summed E-state index contributed by atoms with van der Waals surface area (Å²) in [5.74, 6) is 0.373. The van der Waals surface area contributed by atoms with Crippen LogP contribution in [0, 0.1) is 17.7 Å². The summed E-state index contributed by atoms with van der Waals surface area (Å²) in [6, 6.07) is 6.56. The summed E-state index contributed by atoms with van der Waals surface area (Å²) < 4.78 is 13.0. The minimum absolute atomic E-state index is 0.0480. The number of carbonyl (C=O) groups excluding carboxylic acids is 1. The zero-order valence-electron chi connectivity index (χ0n) is 8.33. The van der Waals surface area contributed by atoms with Crippen molar-refractivity contribution in [1.29, 1.82) is 0 Å². The summed E-state index contributed by atoms with van der Waals surface area (Å²) in [7, 11) is 0. The number of hydrogen-bond donors (Lipinski definition) is 0. The van der Waals surface area contributed by atoms with Gasteiger partial charge in [0.15, 0.2) is 0 Å². The SMILES string of the molecule is CC1C(=O)C(C)C1c1cccc(F)c1. The fourth-order valence-corrected chi connectivity index (χ4v) is 2.37. The van der Waals surface area contributed by atoms with Crippen molar-refractivity contribution in [2.75, 3.05) is 0 Å². The molecular formula is C12H13FO. The third kappa shape index (κ3) is 1.26. The summed E-state index contributed by atoms with van der Waals surface area (Å²) in [5.41, 5.74) is 0.949. The molecule has 0 bridgehead atoms. The molecule has 2 heteroatoms. The maximum absolute atomic E-state index is 13.0. The maximum Gasteiger partial charge on any atom is 0.139 e. The fraction of sp³-hybridized carbons (Fsp3) is 0.417. The summed E-state index contributed by atoms with van der Waals surface area (Å²) in [6.45, 7) is 3.83. The number of Topliss-reactive ketones (excluding diaryl/α,β-unsaturated/α-hetero) is 1. The molecule has 2 rings (SSSR count). The fourth-order valence-electron chi connectivity index (χ4n) is 2.37. The number of halogens is 1. The Labute approximate surface area is 82.9 Å². The summed E-state index contributed by atoms with van der Waals surface area (Å²) in [6.07, 6.45) is 0. The van der Waals surface area contributed by atoms with E-state index in [-0.39, 0.29) is 23.6 Å². The second-order valence-corrected chi connectivity index (χ2v) is 4.06. The van der Waals surface area contributed by atoms with Crippen molar-refractivity contribution in [2.24, 2.45) is 11.8 Å². The summed E-state index contributed by atoms with van der Waals surface area (Å²) in [5, 5.41) is 0. The standard InChI is InChI=1S/C12H13FO/c1-7-11(8(2)12(7)14)9-4-3-5-10(13)6-9/h3-8,11H,1-2H3. The van der Waals surface area contributed by atoms with Gasteiger partial charge in [0.05, 0.1) is 0 Å². The number of carbonyl (C=O) groups is 1. The molecule has 1 aromatic carbocycles. The molecule has 74 valence electrons. The Kier molecular flexibility index (Phi) is 2.14. The first-order valence-corrected chi connectivity index (χ1v) is 4.90. The molecule has 0 spiro atoms. The van der Waals surface area contributed by atoms with Gasteiger partial charge in [-0.05, 0) is 17.7 Å². The van der Waals surface area contributed by atoms with Gasteiger partial charge in [-0.15, -0.1) is 0 Å². The van der Waals surface area contributed by atoms with Gasteiger partial charge in [-0.25, -0.2) is 4.39 Å². The van der Waals surface area contributed by atoms with Crippen LogP contribution >= 0.6 is 0 Å². The molecule has 2 unspecified atom stereocenters. The average molecular weight is 192 g/mol. The van der Waals surface area contributed by atoms with Crippen molar-refractivity contribution in [3.63, 3.8) is 0 Å². The first kappa shape index (κ1) is 9.38. The van der Waals surface area contributed by atoms with Crippen LogP contribution < -0.4 is 0 Å². The quantitative estimate of drug-likeness (QED) is 0.668. The van der Waals surface area contributed by atoms with Crippen LogP contribution in [0.5, 0.6) is 0 Å². The molecule has 1 saturated carbocycles. The van der Waals surface area contributed by atoms with E-state index in [1.54, 1.807) is 6.07 Å². The molecule has 0 amide bonds. The van der Waals surface area contributed by atoms with Crippen LogP contribution in [0.4, 0.5) is 4.39 Å². The molecule has 1 aliphatic carbocycles. The van der Waals surface area contributed by atoms with Crippen LogP contribution in [0.3, 0.4) is 0 Å². The average Bonchev–Trinajstić information content (AvgIpc) is 2.18. The van der Waals surface area contributed by atoms with E-state index >= 15 is 0 Å². The number of hydrogen-bond acceptors (Lipinski definition) is 1. The highest BCUT2D eigenvalue weighted by atomic mass is 19.1. The van der Waals surface area contributed by atoms with Gasteiger partial charge < -0.3 is 0 Å². The van der Waals surface area contributed by atoms with Gasteiger partial charge in [-0.2, -0.15) is 0 Å². The first-order valence-electron chi connectivity index (χ1n) is 4.90. The minimum Gasteiger partial charge on any atom is -0.299 e. The highest BCUT2D eigenvalue weighted by Gasteiger charge is 2.44. The van der Waals surface area contributed by atoms with Crippen molar-refractivity contribution in [2.45, 2.75) is 19.8 Å². The van der Waals surface area contributed by atoms with Crippen LogP contribution in [-0.4, -0.2) is 5.78 Å². The van der Waals surface area contributed by atoms with Gasteiger partial charge in [0.25, 0.3) is 0 Å². The molecule has 14 heavy (non-hydrogen) atoms. The van der Waals surface area contributed by atoms with Crippen molar-refractivity contribution < 1.29 is 9.18 Å². The van der Waals surface area contributed by atoms with Gasteiger partial charge >= 0.3 is 0 Å². The van der Waals surface area contributed by atoms with E-state index < -0.39 is 0 Å². The largest absolute Gasteiger partial charge is 0.299 e. The maximum atomic E-state index is 13.0. The van der Waals surface area contributed by atoms with Crippen molar-refractivity contribution in [3.8, 4) is 0 Å². The summed E-state index contributed by atoms with van der Waals surface area (Å²) in [4.78, 5) is 11.3.